The van der Waals surface area contributed by atoms with Gasteiger partial charge in [-0.1, -0.05) is 48.2 Å². The van der Waals surface area contributed by atoms with Crippen LogP contribution in [0.1, 0.15) is 17.7 Å². The molecule has 1 aromatic heterocycles. The first-order chi connectivity index (χ1) is 12.7. The molecule has 0 fully saturated rings. The maximum Gasteiger partial charge on any atom is 0.242 e. The Kier molecular flexibility index (Phi) is 5.91. The number of hydrogen-bond donors (Lipinski definition) is 1. The topological polar surface area (TPSA) is 69.0 Å². The van der Waals surface area contributed by atoms with Crippen LogP contribution in [-0.4, -0.2) is 27.8 Å². The van der Waals surface area contributed by atoms with Crippen LogP contribution < -0.4 is 10.1 Å². The number of hydrogen-bond acceptors (Lipinski definition) is 5. The van der Waals surface area contributed by atoms with Crippen molar-refractivity contribution in [1.82, 2.24) is 14.8 Å². The van der Waals surface area contributed by atoms with Gasteiger partial charge in [0, 0.05) is 18.3 Å². The van der Waals surface area contributed by atoms with E-state index < -0.39 is 5.25 Å². The van der Waals surface area contributed by atoms with E-state index in [0.717, 1.165) is 12.1 Å². The van der Waals surface area contributed by atoms with Gasteiger partial charge in [0.1, 0.15) is 17.3 Å². The zero-order chi connectivity index (χ0) is 18.4. The molecule has 1 heterocycles. The van der Waals surface area contributed by atoms with Gasteiger partial charge in [-0.2, -0.15) is 0 Å². The quantitative estimate of drug-likeness (QED) is 0.643. The number of ether oxygens (including phenoxy) is 1. The summed E-state index contributed by atoms with van der Waals surface area (Å²) in [5.41, 5.74) is 1.59. The molecule has 26 heavy (non-hydrogen) atoms. The molecule has 2 aromatic carbocycles. The van der Waals surface area contributed by atoms with E-state index in [0.29, 0.717) is 16.6 Å². The fourth-order valence-electron chi connectivity index (χ4n) is 2.47. The molecule has 3 rings (SSSR count). The second kappa shape index (κ2) is 8.53. The van der Waals surface area contributed by atoms with Crippen LogP contribution in [0.15, 0.2) is 66.1 Å². The van der Waals surface area contributed by atoms with Crippen molar-refractivity contribution in [3.63, 3.8) is 0 Å². The Morgan fingerprint density at radius 2 is 2.04 bits per heavy atom. The number of carbonyl (C=O) groups is 1. The number of rotatable bonds is 7. The van der Waals surface area contributed by atoms with E-state index in [-0.39, 0.29) is 5.91 Å². The van der Waals surface area contributed by atoms with Gasteiger partial charge in [0.25, 0.3) is 0 Å². The first-order valence-electron chi connectivity index (χ1n) is 8.25. The molecule has 1 N–H and O–H groups in total. The molecule has 0 aliphatic heterocycles. The summed E-state index contributed by atoms with van der Waals surface area (Å²) >= 11 is 1.38. The molecule has 134 valence electrons. The predicted molar refractivity (Wildman–Crippen MR) is 102 cm³/mol. The molecule has 1 atom stereocenters. The highest BCUT2D eigenvalue weighted by Gasteiger charge is 2.24. The largest absolute Gasteiger partial charge is 0.497 e. The van der Waals surface area contributed by atoms with Crippen LogP contribution in [0.5, 0.6) is 5.75 Å². The summed E-state index contributed by atoms with van der Waals surface area (Å²) in [4.78, 5) is 13.0. The average Bonchev–Trinajstić information content (AvgIpc) is 3.14. The number of nitrogens with zero attached hydrogens (tertiary/aromatic N) is 3. The second-order valence-electron chi connectivity index (χ2n) is 5.53. The lowest BCUT2D eigenvalue weighted by Gasteiger charge is -2.17. The molecule has 0 radical (unpaired) electrons. The Morgan fingerprint density at radius 3 is 2.77 bits per heavy atom. The Hall–Kier alpha value is -2.80. The number of thioether (sulfide) groups is 1. The number of nitrogens with one attached hydrogen (secondary N) is 1. The Labute approximate surface area is 156 Å². The third-order valence-electron chi connectivity index (χ3n) is 3.82. The third-order valence-corrected chi connectivity index (χ3v) is 5.07. The Morgan fingerprint density at radius 1 is 1.23 bits per heavy atom. The van der Waals surface area contributed by atoms with E-state index in [1.807, 2.05) is 60.0 Å². The van der Waals surface area contributed by atoms with Crippen LogP contribution in [0.2, 0.25) is 0 Å². The van der Waals surface area contributed by atoms with E-state index >= 15 is 0 Å². The second-order valence-corrected chi connectivity index (χ2v) is 6.60. The molecule has 0 unspecified atom stereocenters. The molecule has 1 amide bonds. The molecule has 0 aliphatic rings. The molecule has 0 saturated heterocycles. The summed E-state index contributed by atoms with van der Waals surface area (Å²) in [6, 6.07) is 17.0. The fourth-order valence-corrected chi connectivity index (χ4v) is 3.54. The first-order valence-corrected chi connectivity index (χ1v) is 9.13. The number of aromatic nitrogens is 3. The first kappa shape index (κ1) is 18.0. The van der Waals surface area contributed by atoms with Crippen molar-refractivity contribution in [3.8, 4) is 5.75 Å². The standard InChI is InChI=1S/C19H20N4O2S/c1-3-23-13-20-22-19(23)26-17(14-8-5-4-6-9-14)18(24)21-15-10-7-11-16(12-15)25-2/h4-13,17H,3H2,1-2H3,(H,21,24)/t17-/m0/s1. The zero-order valence-electron chi connectivity index (χ0n) is 14.6. The van der Waals surface area contributed by atoms with E-state index in [1.54, 1.807) is 19.5 Å². The minimum Gasteiger partial charge on any atom is -0.497 e. The number of benzene rings is 2. The molecule has 6 nitrogen and oxygen atoms in total. The number of aryl methyl sites for hydroxylation is 1. The fraction of sp³-hybridized carbons (Fsp3) is 0.211. The highest BCUT2D eigenvalue weighted by atomic mass is 32.2. The summed E-state index contributed by atoms with van der Waals surface area (Å²) in [5, 5.41) is 11.3. The monoisotopic (exact) mass is 368 g/mol. The molecular formula is C19H20N4O2S. The van der Waals surface area contributed by atoms with Gasteiger partial charge in [-0.05, 0) is 24.6 Å². The van der Waals surface area contributed by atoms with Gasteiger partial charge in [-0.15, -0.1) is 10.2 Å². The van der Waals surface area contributed by atoms with Gasteiger partial charge in [-0.25, -0.2) is 0 Å². The van der Waals surface area contributed by atoms with E-state index in [2.05, 4.69) is 15.5 Å². The summed E-state index contributed by atoms with van der Waals surface area (Å²) in [6.45, 7) is 2.76. The number of methoxy groups -OCH3 is 1. The van der Waals surface area contributed by atoms with Crippen molar-refractivity contribution < 1.29 is 9.53 Å². The lowest BCUT2D eigenvalue weighted by molar-refractivity contribution is -0.115. The van der Waals surface area contributed by atoms with E-state index in [9.17, 15) is 4.79 Å². The van der Waals surface area contributed by atoms with Crippen molar-refractivity contribution in [2.24, 2.45) is 0 Å². The average molecular weight is 368 g/mol. The number of carbonyl (C=O) groups excluding carboxylic acids is 1. The smallest absolute Gasteiger partial charge is 0.242 e. The summed E-state index contributed by atoms with van der Waals surface area (Å²) in [6.07, 6.45) is 1.67. The van der Waals surface area contributed by atoms with Crippen molar-refractivity contribution in [1.29, 1.82) is 0 Å². The molecular weight excluding hydrogens is 348 g/mol. The van der Waals surface area contributed by atoms with Crippen molar-refractivity contribution in [2.45, 2.75) is 23.9 Å². The van der Waals surface area contributed by atoms with E-state index in [4.69, 9.17) is 4.74 Å². The summed E-state index contributed by atoms with van der Waals surface area (Å²) in [7, 11) is 1.60. The van der Waals surface area contributed by atoms with Crippen LogP contribution in [0.25, 0.3) is 0 Å². The molecule has 0 aliphatic carbocycles. The van der Waals surface area contributed by atoms with Crippen LogP contribution in [0.3, 0.4) is 0 Å². The molecule has 0 bridgehead atoms. The normalized spacial score (nSPS) is 11.8. The number of anilines is 1. The molecule has 0 spiro atoms. The minimum atomic E-state index is -0.447. The summed E-state index contributed by atoms with van der Waals surface area (Å²) in [5.74, 6) is 0.567. The maximum absolute atomic E-state index is 13.0. The highest BCUT2D eigenvalue weighted by Crippen LogP contribution is 2.35. The zero-order valence-corrected chi connectivity index (χ0v) is 15.4. The van der Waals surface area contributed by atoms with Crippen molar-refractivity contribution in [3.05, 3.63) is 66.5 Å². The van der Waals surface area contributed by atoms with Crippen molar-refractivity contribution in [2.75, 3.05) is 12.4 Å². The van der Waals surface area contributed by atoms with Gasteiger partial charge in [0.05, 0.1) is 7.11 Å². The lowest BCUT2D eigenvalue weighted by atomic mass is 10.1. The van der Waals surface area contributed by atoms with Crippen LogP contribution in [-0.2, 0) is 11.3 Å². The number of amides is 1. The maximum atomic E-state index is 13.0. The third kappa shape index (κ3) is 4.23. The Balaban J connectivity index is 1.86. The molecule has 7 heteroatoms. The highest BCUT2D eigenvalue weighted by molar-refractivity contribution is 8.00. The lowest BCUT2D eigenvalue weighted by Crippen LogP contribution is -2.19. The van der Waals surface area contributed by atoms with Crippen LogP contribution >= 0.6 is 11.8 Å². The van der Waals surface area contributed by atoms with Gasteiger partial charge < -0.3 is 14.6 Å². The van der Waals surface area contributed by atoms with Crippen molar-refractivity contribution >= 4 is 23.4 Å². The van der Waals surface area contributed by atoms with Gasteiger partial charge in [-0.3, -0.25) is 4.79 Å². The van der Waals surface area contributed by atoms with Crippen LogP contribution in [0, 0.1) is 0 Å². The minimum absolute atomic E-state index is 0.125. The van der Waals surface area contributed by atoms with Gasteiger partial charge in [0.2, 0.25) is 5.91 Å². The predicted octanol–water partition coefficient (Wildman–Crippen LogP) is 3.78. The summed E-state index contributed by atoms with van der Waals surface area (Å²) < 4.78 is 7.14. The molecule has 3 aromatic rings. The van der Waals surface area contributed by atoms with Crippen LogP contribution in [0.4, 0.5) is 5.69 Å². The Bertz CT molecular complexity index is 867. The van der Waals surface area contributed by atoms with E-state index in [1.165, 1.54) is 11.8 Å². The van der Waals surface area contributed by atoms with Gasteiger partial charge >= 0.3 is 0 Å². The molecule has 0 saturated carbocycles. The SMILES string of the molecule is CCn1cnnc1S[C@H](C(=O)Nc1cccc(OC)c1)c1ccccc1. The van der Waals surface area contributed by atoms with Gasteiger partial charge in [0.15, 0.2) is 5.16 Å².